The largest absolute Gasteiger partial charge is 0.495 e. The summed E-state index contributed by atoms with van der Waals surface area (Å²) >= 11 is 0. The molecule has 5 nitrogen and oxygen atoms in total. The molecule has 2 heterocycles. The van der Waals surface area contributed by atoms with Gasteiger partial charge >= 0.3 is 0 Å². The van der Waals surface area contributed by atoms with Crippen molar-refractivity contribution < 1.29 is 17.9 Å². The molecule has 1 atom stereocenters. The van der Waals surface area contributed by atoms with E-state index in [4.69, 9.17) is 4.74 Å². The van der Waals surface area contributed by atoms with Gasteiger partial charge in [0, 0.05) is 18.2 Å². The normalized spacial score (nSPS) is 21.7. The van der Waals surface area contributed by atoms with E-state index < -0.39 is 9.84 Å². The Morgan fingerprint density at radius 2 is 2.28 bits per heavy atom. The van der Waals surface area contributed by atoms with Crippen molar-refractivity contribution in [2.45, 2.75) is 12.8 Å². The average Bonchev–Trinajstić information content (AvgIpc) is 2.68. The molecule has 1 aliphatic heterocycles. The van der Waals surface area contributed by atoms with E-state index >= 15 is 0 Å². The molecule has 0 amide bonds. The lowest BCUT2D eigenvalue weighted by Crippen LogP contribution is -2.11. The van der Waals surface area contributed by atoms with Crippen LogP contribution in [0.3, 0.4) is 0 Å². The number of ketones is 1. The third-order valence-corrected chi connectivity index (χ3v) is 4.91. The van der Waals surface area contributed by atoms with Gasteiger partial charge in [0.2, 0.25) is 0 Å². The number of sulfone groups is 1. The molecule has 18 heavy (non-hydrogen) atoms. The van der Waals surface area contributed by atoms with Crippen LogP contribution in [0.2, 0.25) is 0 Å². The first-order chi connectivity index (χ1) is 8.50. The molecule has 1 aliphatic rings. The molecule has 0 aliphatic carbocycles. The van der Waals surface area contributed by atoms with Crippen LogP contribution in [0.5, 0.6) is 5.75 Å². The van der Waals surface area contributed by atoms with Crippen molar-refractivity contribution in [3.05, 3.63) is 24.0 Å². The second-order valence-corrected chi connectivity index (χ2v) is 6.74. The van der Waals surface area contributed by atoms with Crippen LogP contribution in [0.15, 0.2) is 18.5 Å². The number of carbonyl (C=O) groups excluding carboxylic acids is 1. The van der Waals surface area contributed by atoms with Gasteiger partial charge < -0.3 is 4.74 Å². The maximum absolute atomic E-state index is 12.0. The molecule has 0 radical (unpaired) electrons. The van der Waals surface area contributed by atoms with Crippen LogP contribution in [-0.4, -0.2) is 37.8 Å². The Morgan fingerprint density at radius 3 is 2.89 bits per heavy atom. The van der Waals surface area contributed by atoms with Crippen LogP contribution in [-0.2, 0) is 9.84 Å². The molecule has 1 aromatic heterocycles. The third-order valence-electron chi connectivity index (χ3n) is 3.07. The SMILES string of the molecule is COc1cncc(C(=O)CC2CCS(=O)(=O)C2)c1. The number of pyridine rings is 1. The van der Waals surface area contributed by atoms with Gasteiger partial charge in [0.1, 0.15) is 5.75 Å². The van der Waals surface area contributed by atoms with Crippen LogP contribution in [0.4, 0.5) is 0 Å². The third kappa shape index (κ3) is 3.07. The van der Waals surface area contributed by atoms with Gasteiger partial charge in [0.05, 0.1) is 24.8 Å². The standard InChI is InChI=1S/C12H15NO4S/c1-17-11-5-10(6-13-7-11)12(14)4-9-2-3-18(15,16)8-9/h5-7,9H,2-4,8H2,1H3. The number of carbonyl (C=O) groups is 1. The van der Waals surface area contributed by atoms with E-state index in [0.29, 0.717) is 17.7 Å². The Balaban J connectivity index is 2.04. The summed E-state index contributed by atoms with van der Waals surface area (Å²) in [5.74, 6) is 0.703. The molecule has 1 saturated heterocycles. The molecule has 98 valence electrons. The summed E-state index contributed by atoms with van der Waals surface area (Å²) < 4.78 is 27.6. The van der Waals surface area contributed by atoms with E-state index in [1.165, 1.54) is 19.5 Å². The molecular formula is C12H15NO4S. The van der Waals surface area contributed by atoms with Crippen molar-refractivity contribution in [2.24, 2.45) is 5.92 Å². The second-order valence-electron chi connectivity index (χ2n) is 4.51. The van der Waals surface area contributed by atoms with Crippen molar-refractivity contribution in [1.82, 2.24) is 4.98 Å². The van der Waals surface area contributed by atoms with Gasteiger partial charge in [-0.05, 0) is 18.4 Å². The highest BCUT2D eigenvalue weighted by atomic mass is 32.2. The van der Waals surface area contributed by atoms with E-state index in [9.17, 15) is 13.2 Å². The van der Waals surface area contributed by atoms with Crippen LogP contribution < -0.4 is 4.74 Å². The Morgan fingerprint density at radius 1 is 1.50 bits per heavy atom. The lowest BCUT2D eigenvalue weighted by atomic mass is 9.99. The first-order valence-corrected chi connectivity index (χ1v) is 7.55. The molecular weight excluding hydrogens is 254 g/mol. The molecule has 0 aromatic carbocycles. The number of aromatic nitrogens is 1. The maximum atomic E-state index is 12.0. The first-order valence-electron chi connectivity index (χ1n) is 5.73. The Bertz CT molecular complexity index is 553. The summed E-state index contributed by atoms with van der Waals surface area (Å²) in [5, 5.41) is 0. The molecule has 0 spiro atoms. The molecule has 2 rings (SSSR count). The second kappa shape index (κ2) is 5.06. The van der Waals surface area contributed by atoms with E-state index in [1.807, 2.05) is 0 Å². The zero-order valence-corrected chi connectivity index (χ0v) is 10.9. The fraction of sp³-hybridized carbons (Fsp3) is 0.500. The van der Waals surface area contributed by atoms with Gasteiger partial charge in [-0.15, -0.1) is 0 Å². The minimum Gasteiger partial charge on any atom is -0.495 e. The number of hydrogen-bond donors (Lipinski definition) is 0. The summed E-state index contributed by atoms with van der Waals surface area (Å²) in [6, 6.07) is 1.62. The quantitative estimate of drug-likeness (QED) is 0.765. The van der Waals surface area contributed by atoms with Crippen LogP contribution in [0, 0.1) is 5.92 Å². The Kier molecular flexibility index (Phi) is 3.65. The van der Waals surface area contributed by atoms with E-state index in [0.717, 1.165) is 0 Å². The van der Waals surface area contributed by atoms with Crippen LogP contribution in [0.25, 0.3) is 0 Å². The van der Waals surface area contributed by atoms with Crippen molar-refractivity contribution in [2.75, 3.05) is 18.6 Å². The van der Waals surface area contributed by atoms with Gasteiger partial charge in [0.25, 0.3) is 0 Å². The number of Topliss-reactive ketones (excluding diaryl/α,β-unsaturated/α-hetero) is 1. The smallest absolute Gasteiger partial charge is 0.164 e. The van der Waals surface area contributed by atoms with Gasteiger partial charge in [-0.25, -0.2) is 8.42 Å². The van der Waals surface area contributed by atoms with Gasteiger partial charge in [-0.1, -0.05) is 0 Å². The summed E-state index contributed by atoms with van der Waals surface area (Å²) in [5.41, 5.74) is 0.471. The Labute approximate surface area is 106 Å². The molecule has 1 aromatic rings. The molecule has 0 bridgehead atoms. The summed E-state index contributed by atoms with van der Waals surface area (Å²) in [7, 11) is -1.42. The van der Waals surface area contributed by atoms with Crippen molar-refractivity contribution in [3.63, 3.8) is 0 Å². The highest BCUT2D eigenvalue weighted by Crippen LogP contribution is 2.23. The van der Waals surface area contributed by atoms with Crippen molar-refractivity contribution >= 4 is 15.6 Å². The minimum absolute atomic E-state index is 0.0614. The lowest BCUT2D eigenvalue weighted by Gasteiger charge is -2.07. The van der Waals surface area contributed by atoms with Crippen LogP contribution in [0.1, 0.15) is 23.2 Å². The molecule has 1 fully saturated rings. The van der Waals surface area contributed by atoms with Crippen molar-refractivity contribution in [1.29, 1.82) is 0 Å². The first kappa shape index (κ1) is 13.0. The molecule has 1 unspecified atom stereocenters. The van der Waals surface area contributed by atoms with Gasteiger partial charge in [-0.3, -0.25) is 9.78 Å². The number of hydrogen-bond acceptors (Lipinski definition) is 5. The molecule has 0 N–H and O–H groups in total. The van der Waals surface area contributed by atoms with E-state index in [1.54, 1.807) is 6.07 Å². The highest BCUT2D eigenvalue weighted by molar-refractivity contribution is 7.91. The highest BCUT2D eigenvalue weighted by Gasteiger charge is 2.29. The number of ether oxygens (including phenoxy) is 1. The summed E-state index contributed by atoms with van der Waals surface area (Å²) in [4.78, 5) is 15.9. The number of nitrogens with zero attached hydrogens (tertiary/aromatic N) is 1. The zero-order chi connectivity index (χ0) is 13.2. The maximum Gasteiger partial charge on any atom is 0.164 e. The zero-order valence-electron chi connectivity index (χ0n) is 10.1. The summed E-state index contributed by atoms with van der Waals surface area (Å²) in [6.07, 6.45) is 3.84. The Hall–Kier alpha value is -1.43. The topological polar surface area (TPSA) is 73.3 Å². The van der Waals surface area contributed by atoms with E-state index in [-0.39, 0.29) is 29.6 Å². The van der Waals surface area contributed by atoms with E-state index in [2.05, 4.69) is 4.98 Å². The van der Waals surface area contributed by atoms with Crippen molar-refractivity contribution in [3.8, 4) is 5.75 Å². The monoisotopic (exact) mass is 269 g/mol. The fourth-order valence-electron chi connectivity index (χ4n) is 2.10. The van der Waals surface area contributed by atoms with Gasteiger partial charge in [0.15, 0.2) is 15.6 Å². The lowest BCUT2D eigenvalue weighted by molar-refractivity contribution is 0.0965. The predicted octanol–water partition coefficient (Wildman–Crippen LogP) is 1.10. The number of rotatable bonds is 4. The minimum atomic E-state index is -2.93. The fourth-order valence-corrected chi connectivity index (χ4v) is 3.96. The predicted molar refractivity (Wildman–Crippen MR) is 66.5 cm³/mol. The van der Waals surface area contributed by atoms with Gasteiger partial charge in [-0.2, -0.15) is 0 Å². The summed E-state index contributed by atoms with van der Waals surface area (Å²) in [6.45, 7) is 0. The molecule has 6 heteroatoms. The number of methoxy groups -OCH3 is 1. The molecule has 0 saturated carbocycles. The average molecular weight is 269 g/mol. The van der Waals surface area contributed by atoms with Crippen LogP contribution >= 0.6 is 0 Å².